The molecular formula is C26H31F3N6O6. The van der Waals surface area contributed by atoms with E-state index in [2.05, 4.69) is 10.2 Å². The van der Waals surface area contributed by atoms with E-state index in [0.717, 1.165) is 36.3 Å². The quantitative estimate of drug-likeness (QED) is 0.316. The molecule has 2 aromatic heterocycles. The molecule has 0 aliphatic carbocycles. The van der Waals surface area contributed by atoms with Gasteiger partial charge in [0.15, 0.2) is 11.2 Å². The Labute approximate surface area is 232 Å². The topological polar surface area (TPSA) is 141 Å². The molecule has 0 saturated carbocycles. The zero-order chi connectivity index (χ0) is 30.3. The van der Waals surface area contributed by atoms with Crippen molar-refractivity contribution in [1.82, 2.24) is 24.0 Å². The first-order chi connectivity index (χ1) is 19.3. The minimum Gasteiger partial charge on any atom is -0.475 e. The van der Waals surface area contributed by atoms with Crippen LogP contribution in [0.15, 0.2) is 51.6 Å². The number of benzene rings is 1. The second-order valence-electron chi connectivity index (χ2n) is 9.32. The molecule has 4 rings (SSSR count). The number of nitrogens with one attached hydrogen (secondary N) is 1. The number of piperazine rings is 1. The van der Waals surface area contributed by atoms with Crippen LogP contribution in [0.3, 0.4) is 0 Å². The first-order valence-corrected chi connectivity index (χ1v) is 12.6. The molecule has 3 aromatic rings. The second kappa shape index (κ2) is 13.3. The largest absolute Gasteiger partial charge is 0.490 e. The van der Waals surface area contributed by atoms with E-state index in [1.54, 1.807) is 31.3 Å². The number of carboxylic acid groups (broad SMARTS) is 1. The van der Waals surface area contributed by atoms with Crippen molar-refractivity contribution in [2.45, 2.75) is 33.1 Å². The number of ether oxygens (including phenoxy) is 1. The van der Waals surface area contributed by atoms with Crippen LogP contribution >= 0.6 is 0 Å². The molecule has 1 aliphatic rings. The highest BCUT2D eigenvalue weighted by atomic mass is 19.4. The van der Waals surface area contributed by atoms with Crippen molar-refractivity contribution < 1.29 is 32.6 Å². The lowest BCUT2D eigenvalue weighted by atomic mass is 10.2. The fourth-order valence-corrected chi connectivity index (χ4v) is 4.00. The summed E-state index contributed by atoms with van der Waals surface area (Å²) < 4.78 is 41.4. The lowest BCUT2D eigenvalue weighted by Crippen LogP contribution is -2.44. The maximum atomic E-state index is 13.5. The Bertz CT molecular complexity index is 1530. The molecule has 0 spiro atoms. The molecule has 1 saturated heterocycles. The van der Waals surface area contributed by atoms with Crippen LogP contribution in [0.1, 0.15) is 24.2 Å². The van der Waals surface area contributed by atoms with Crippen LogP contribution in [-0.2, 0) is 29.7 Å². The number of esters is 1. The van der Waals surface area contributed by atoms with Crippen LogP contribution in [0.2, 0.25) is 0 Å². The number of fused-ring (bicyclic) bond motifs is 1. The molecule has 0 atom stereocenters. The zero-order valence-corrected chi connectivity index (χ0v) is 22.8. The van der Waals surface area contributed by atoms with Gasteiger partial charge in [0.05, 0.1) is 12.1 Å². The van der Waals surface area contributed by atoms with Crippen molar-refractivity contribution in [3.63, 3.8) is 0 Å². The van der Waals surface area contributed by atoms with Crippen LogP contribution in [-0.4, -0.2) is 74.7 Å². The Balaban J connectivity index is 0.000000587. The van der Waals surface area contributed by atoms with Crippen LogP contribution in [0.5, 0.6) is 0 Å². The fraction of sp³-hybridized carbons (Fsp3) is 0.423. The molecule has 0 radical (unpaired) electrons. The van der Waals surface area contributed by atoms with Crippen molar-refractivity contribution in [2.75, 3.05) is 37.7 Å². The van der Waals surface area contributed by atoms with E-state index in [4.69, 9.17) is 19.6 Å². The number of imidazole rings is 1. The number of carbonyl (C=O) groups is 2. The first kappa shape index (κ1) is 31.1. The molecule has 0 bridgehead atoms. The predicted octanol–water partition coefficient (Wildman–Crippen LogP) is 1.76. The van der Waals surface area contributed by atoms with E-state index in [0.29, 0.717) is 29.2 Å². The third-order valence-electron chi connectivity index (χ3n) is 6.09. The number of aryl methyl sites for hydroxylation is 1. The molecule has 15 heteroatoms. The number of hydrogen-bond donors (Lipinski definition) is 2. The SMILES string of the molecule is CC(C)=CCn1c(N2CCNCC2)nc2c1c(=O)n(CCOC(=O)c1ccccc1)c(=O)n2C.O=C(O)C(F)(F)F. The summed E-state index contributed by atoms with van der Waals surface area (Å²) in [7, 11) is 1.61. The van der Waals surface area contributed by atoms with Crippen molar-refractivity contribution >= 4 is 29.1 Å². The lowest BCUT2D eigenvalue weighted by Gasteiger charge is -2.28. The summed E-state index contributed by atoms with van der Waals surface area (Å²) in [5.74, 6) is -2.58. The molecule has 222 valence electrons. The second-order valence-corrected chi connectivity index (χ2v) is 9.32. The molecular weight excluding hydrogens is 549 g/mol. The summed E-state index contributed by atoms with van der Waals surface area (Å²) >= 11 is 0. The van der Waals surface area contributed by atoms with Gasteiger partial charge in [0.25, 0.3) is 5.56 Å². The lowest BCUT2D eigenvalue weighted by molar-refractivity contribution is -0.192. The summed E-state index contributed by atoms with van der Waals surface area (Å²) in [6, 6.07) is 8.60. The van der Waals surface area contributed by atoms with E-state index in [1.807, 2.05) is 30.6 Å². The highest BCUT2D eigenvalue weighted by molar-refractivity contribution is 5.89. The maximum absolute atomic E-state index is 13.5. The first-order valence-electron chi connectivity index (χ1n) is 12.6. The number of allylic oxidation sites excluding steroid dienone is 2. The Morgan fingerprint density at radius 2 is 1.71 bits per heavy atom. The zero-order valence-electron chi connectivity index (χ0n) is 22.8. The van der Waals surface area contributed by atoms with E-state index >= 15 is 0 Å². The number of nitrogens with zero attached hydrogens (tertiary/aromatic N) is 5. The number of aliphatic carboxylic acids is 1. The van der Waals surface area contributed by atoms with Crippen LogP contribution in [0.25, 0.3) is 11.2 Å². The number of aromatic nitrogens is 4. The molecule has 1 aliphatic heterocycles. The Kier molecular flexibility index (Phi) is 10.1. The maximum Gasteiger partial charge on any atom is 0.490 e. The van der Waals surface area contributed by atoms with Crippen molar-refractivity contribution in [1.29, 1.82) is 0 Å². The number of halogens is 3. The average molecular weight is 581 g/mol. The molecule has 41 heavy (non-hydrogen) atoms. The van der Waals surface area contributed by atoms with Crippen molar-refractivity contribution in [3.8, 4) is 0 Å². The molecule has 1 fully saturated rings. The Morgan fingerprint density at radius 3 is 2.27 bits per heavy atom. The van der Waals surface area contributed by atoms with Gasteiger partial charge in [-0.25, -0.2) is 14.4 Å². The van der Waals surface area contributed by atoms with E-state index < -0.39 is 29.4 Å². The van der Waals surface area contributed by atoms with Crippen LogP contribution in [0, 0.1) is 0 Å². The third kappa shape index (κ3) is 7.63. The Hall–Kier alpha value is -4.40. The number of rotatable bonds is 7. The standard InChI is InChI=1S/C24H30N6O4.C2HF3O2/c1-17(2)9-12-29-19-20(26-23(29)28-13-10-25-11-14-28)27(3)24(33)30(21(19)31)15-16-34-22(32)18-7-5-4-6-8-18;3-2(4,5)1(6)7/h4-9,25H,10-16H2,1-3H3;(H,6,7). The van der Waals surface area contributed by atoms with Gasteiger partial charge < -0.3 is 24.6 Å². The number of hydrogen-bond acceptors (Lipinski definition) is 8. The summed E-state index contributed by atoms with van der Waals surface area (Å²) in [6.07, 6.45) is -3.05. The van der Waals surface area contributed by atoms with Gasteiger partial charge in [0, 0.05) is 39.8 Å². The van der Waals surface area contributed by atoms with Gasteiger partial charge in [0.2, 0.25) is 5.95 Å². The van der Waals surface area contributed by atoms with E-state index in [-0.39, 0.29) is 13.2 Å². The van der Waals surface area contributed by atoms with Gasteiger partial charge in [-0.2, -0.15) is 18.2 Å². The van der Waals surface area contributed by atoms with E-state index in [9.17, 15) is 27.6 Å². The van der Waals surface area contributed by atoms with Gasteiger partial charge in [-0.15, -0.1) is 0 Å². The summed E-state index contributed by atoms with van der Waals surface area (Å²) in [5.41, 5.74) is 1.31. The average Bonchev–Trinajstić information content (AvgIpc) is 3.33. The smallest absolute Gasteiger partial charge is 0.475 e. The summed E-state index contributed by atoms with van der Waals surface area (Å²) in [5, 5.41) is 10.4. The van der Waals surface area contributed by atoms with Gasteiger partial charge in [0.1, 0.15) is 6.61 Å². The molecule has 3 heterocycles. The van der Waals surface area contributed by atoms with Crippen molar-refractivity contribution in [2.24, 2.45) is 7.05 Å². The summed E-state index contributed by atoms with van der Waals surface area (Å²) in [4.78, 5) is 54.5. The molecule has 0 amide bonds. The van der Waals surface area contributed by atoms with Gasteiger partial charge >= 0.3 is 23.8 Å². The van der Waals surface area contributed by atoms with Gasteiger partial charge in [-0.3, -0.25) is 13.9 Å². The third-order valence-corrected chi connectivity index (χ3v) is 6.09. The van der Waals surface area contributed by atoms with Gasteiger partial charge in [-0.1, -0.05) is 29.8 Å². The van der Waals surface area contributed by atoms with E-state index in [1.165, 1.54) is 4.57 Å². The molecule has 0 unspecified atom stereocenters. The number of carbonyl (C=O) groups excluding carboxylic acids is 1. The minimum absolute atomic E-state index is 0.0448. The van der Waals surface area contributed by atoms with Crippen LogP contribution in [0.4, 0.5) is 19.1 Å². The summed E-state index contributed by atoms with van der Waals surface area (Å²) in [6.45, 7) is 7.49. The molecule has 12 nitrogen and oxygen atoms in total. The minimum atomic E-state index is -5.08. The predicted molar refractivity (Wildman–Crippen MR) is 144 cm³/mol. The Morgan fingerprint density at radius 1 is 1.10 bits per heavy atom. The molecule has 1 aromatic carbocycles. The monoisotopic (exact) mass is 580 g/mol. The number of alkyl halides is 3. The highest BCUT2D eigenvalue weighted by Crippen LogP contribution is 2.20. The van der Waals surface area contributed by atoms with Crippen molar-refractivity contribution in [3.05, 3.63) is 68.4 Å². The normalized spacial score (nSPS) is 13.4. The number of carboxylic acids is 1. The van der Waals surface area contributed by atoms with Gasteiger partial charge in [-0.05, 0) is 26.0 Å². The highest BCUT2D eigenvalue weighted by Gasteiger charge is 2.38. The fourth-order valence-electron chi connectivity index (χ4n) is 4.00. The van der Waals surface area contributed by atoms with Crippen LogP contribution < -0.4 is 21.5 Å². The molecule has 2 N–H and O–H groups in total. The number of anilines is 1.